The molecule has 0 bridgehead atoms. The van der Waals surface area contributed by atoms with Gasteiger partial charge in [-0.15, -0.1) is 0 Å². The van der Waals surface area contributed by atoms with Gasteiger partial charge in [-0.2, -0.15) is 0 Å². The third kappa shape index (κ3) is 0.871. The molecule has 2 heteroatoms. The minimum Gasteiger partial charge on any atom is -0.398 e. The zero-order chi connectivity index (χ0) is 7.84. The maximum absolute atomic E-state index is 5.73. The number of hydrogen-bond acceptors (Lipinski definition) is 1. The molecule has 0 fully saturated rings. The molecule has 1 aromatic heterocycles. The maximum Gasteiger partial charge on any atom is 0.0458 e. The minimum atomic E-state index is 0.858. The van der Waals surface area contributed by atoms with E-state index < -0.39 is 0 Å². The summed E-state index contributed by atoms with van der Waals surface area (Å²) in [7, 11) is 0. The fourth-order valence-electron chi connectivity index (χ4n) is 1.23. The second-order valence-electron chi connectivity index (χ2n) is 2.77. The predicted octanol–water partition coefficient (Wildman–Crippen LogP) is 2.06. The summed E-state index contributed by atoms with van der Waals surface area (Å²) in [5.41, 5.74) is 8.86. The number of aromatic nitrogens is 1. The number of benzene rings is 1. The van der Waals surface area contributed by atoms with Crippen LogP contribution in [0.1, 0.15) is 5.56 Å². The van der Waals surface area contributed by atoms with E-state index in [1.165, 1.54) is 5.39 Å². The van der Waals surface area contributed by atoms with Crippen LogP contribution >= 0.6 is 0 Å². The molecule has 0 saturated carbocycles. The quantitative estimate of drug-likeness (QED) is 0.549. The molecule has 0 spiro atoms. The van der Waals surface area contributed by atoms with Gasteiger partial charge in [-0.3, -0.25) is 0 Å². The van der Waals surface area contributed by atoms with E-state index in [1.807, 2.05) is 25.3 Å². The number of hydrogen-bond donors (Lipinski definition) is 2. The summed E-state index contributed by atoms with van der Waals surface area (Å²) in [6, 6.07) is 6.07. The van der Waals surface area contributed by atoms with Gasteiger partial charge in [-0.1, -0.05) is 0 Å². The lowest BCUT2D eigenvalue weighted by atomic mass is 10.1. The summed E-state index contributed by atoms with van der Waals surface area (Å²) in [6.45, 7) is 2.01. The highest BCUT2D eigenvalue weighted by molar-refractivity contribution is 5.84. The minimum absolute atomic E-state index is 0.858. The van der Waals surface area contributed by atoms with Gasteiger partial charge in [-0.05, 0) is 30.7 Å². The zero-order valence-electron chi connectivity index (χ0n) is 6.39. The van der Waals surface area contributed by atoms with Crippen LogP contribution in [0.5, 0.6) is 0 Å². The molecule has 3 N–H and O–H groups in total. The van der Waals surface area contributed by atoms with Crippen molar-refractivity contribution in [2.45, 2.75) is 6.92 Å². The van der Waals surface area contributed by atoms with Crippen LogP contribution in [0.3, 0.4) is 0 Å². The van der Waals surface area contributed by atoms with Gasteiger partial charge in [0.05, 0.1) is 0 Å². The Labute approximate surface area is 65.0 Å². The molecule has 0 radical (unpaired) electrons. The number of H-pyrrole nitrogens is 1. The molecule has 0 aliphatic carbocycles. The molecule has 0 atom stereocenters. The lowest BCUT2D eigenvalue weighted by Gasteiger charge is -1.98. The number of nitrogen functional groups attached to an aromatic ring is 1. The number of nitrogens with one attached hydrogen (secondary N) is 1. The Morgan fingerprint density at radius 1 is 1.36 bits per heavy atom. The Bertz CT molecular complexity index is 351. The van der Waals surface area contributed by atoms with Gasteiger partial charge in [0.2, 0.25) is 0 Å². The predicted molar refractivity (Wildman–Crippen MR) is 47.4 cm³/mol. The molecule has 1 heterocycles. The Kier molecular flexibility index (Phi) is 1.15. The molecular weight excluding hydrogens is 136 g/mol. The highest BCUT2D eigenvalue weighted by Crippen LogP contribution is 2.19. The van der Waals surface area contributed by atoms with Gasteiger partial charge in [0.15, 0.2) is 0 Å². The van der Waals surface area contributed by atoms with E-state index in [0.29, 0.717) is 0 Å². The fourth-order valence-corrected chi connectivity index (χ4v) is 1.23. The number of fused-ring (bicyclic) bond motifs is 1. The first kappa shape index (κ1) is 6.28. The molecule has 2 aromatic rings. The van der Waals surface area contributed by atoms with Crippen LogP contribution in [0.4, 0.5) is 5.69 Å². The largest absolute Gasteiger partial charge is 0.398 e. The van der Waals surface area contributed by atoms with E-state index in [4.69, 9.17) is 5.73 Å². The van der Waals surface area contributed by atoms with E-state index in [0.717, 1.165) is 16.8 Å². The summed E-state index contributed by atoms with van der Waals surface area (Å²) in [6.07, 6.45) is 1.92. The van der Waals surface area contributed by atoms with Gasteiger partial charge < -0.3 is 10.7 Å². The second-order valence-corrected chi connectivity index (χ2v) is 2.77. The third-order valence-electron chi connectivity index (χ3n) is 1.94. The van der Waals surface area contributed by atoms with Crippen molar-refractivity contribution in [1.82, 2.24) is 4.98 Å². The number of aryl methyl sites for hydroxylation is 1. The van der Waals surface area contributed by atoms with Crippen LogP contribution in [0.25, 0.3) is 10.9 Å². The van der Waals surface area contributed by atoms with Crippen molar-refractivity contribution in [1.29, 1.82) is 0 Å². The van der Waals surface area contributed by atoms with E-state index in [-0.39, 0.29) is 0 Å². The second kappa shape index (κ2) is 2.02. The molecule has 0 aliphatic rings. The van der Waals surface area contributed by atoms with Crippen molar-refractivity contribution in [3.05, 3.63) is 30.0 Å². The molecular formula is C9H10N2. The zero-order valence-corrected chi connectivity index (χ0v) is 6.39. The molecule has 0 unspecified atom stereocenters. The summed E-state index contributed by atoms with van der Waals surface area (Å²) in [4.78, 5) is 3.13. The van der Waals surface area contributed by atoms with Gasteiger partial charge in [0, 0.05) is 22.8 Å². The van der Waals surface area contributed by atoms with Crippen molar-refractivity contribution in [3.63, 3.8) is 0 Å². The molecule has 11 heavy (non-hydrogen) atoms. The first-order valence-electron chi connectivity index (χ1n) is 3.60. The van der Waals surface area contributed by atoms with Crippen LogP contribution in [-0.2, 0) is 0 Å². The molecule has 0 saturated heterocycles. The van der Waals surface area contributed by atoms with Crippen molar-refractivity contribution < 1.29 is 0 Å². The highest BCUT2D eigenvalue weighted by atomic mass is 14.7. The fraction of sp³-hybridized carbons (Fsp3) is 0.111. The molecule has 0 amide bonds. The average Bonchev–Trinajstić information content (AvgIpc) is 2.36. The summed E-state index contributed by atoms with van der Waals surface area (Å²) < 4.78 is 0. The SMILES string of the molecule is Cc1cc2[nH]ccc2cc1N. The summed E-state index contributed by atoms with van der Waals surface area (Å²) in [5, 5.41) is 1.17. The molecule has 2 rings (SSSR count). The smallest absolute Gasteiger partial charge is 0.0458 e. The van der Waals surface area contributed by atoms with Gasteiger partial charge in [-0.25, -0.2) is 0 Å². The van der Waals surface area contributed by atoms with Gasteiger partial charge in [0.25, 0.3) is 0 Å². The number of rotatable bonds is 0. The lowest BCUT2D eigenvalue weighted by molar-refractivity contribution is 1.44. The molecule has 0 aliphatic heterocycles. The number of nitrogens with two attached hydrogens (primary N) is 1. The Balaban J connectivity index is 2.86. The standard InChI is InChI=1S/C9H10N2/c1-6-4-9-7(2-3-11-9)5-8(6)10/h2-5,11H,10H2,1H3. The third-order valence-corrected chi connectivity index (χ3v) is 1.94. The van der Waals surface area contributed by atoms with E-state index >= 15 is 0 Å². The number of aromatic amines is 1. The van der Waals surface area contributed by atoms with Crippen molar-refractivity contribution in [2.75, 3.05) is 5.73 Å². The van der Waals surface area contributed by atoms with Crippen molar-refractivity contribution in [2.24, 2.45) is 0 Å². The Morgan fingerprint density at radius 3 is 3.00 bits per heavy atom. The van der Waals surface area contributed by atoms with Crippen LogP contribution in [0.15, 0.2) is 24.4 Å². The highest BCUT2D eigenvalue weighted by Gasteiger charge is 1.97. The molecule has 56 valence electrons. The maximum atomic E-state index is 5.73. The monoisotopic (exact) mass is 146 g/mol. The first-order valence-corrected chi connectivity index (χ1v) is 3.60. The average molecular weight is 146 g/mol. The van der Waals surface area contributed by atoms with E-state index in [9.17, 15) is 0 Å². The summed E-state index contributed by atoms with van der Waals surface area (Å²) in [5.74, 6) is 0. The van der Waals surface area contributed by atoms with Crippen molar-refractivity contribution in [3.8, 4) is 0 Å². The van der Waals surface area contributed by atoms with Crippen LogP contribution < -0.4 is 5.73 Å². The Hall–Kier alpha value is -1.44. The van der Waals surface area contributed by atoms with E-state index in [1.54, 1.807) is 0 Å². The van der Waals surface area contributed by atoms with Crippen LogP contribution in [-0.4, -0.2) is 4.98 Å². The molecule has 2 nitrogen and oxygen atoms in total. The number of anilines is 1. The normalized spacial score (nSPS) is 10.6. The lowest BCUT2D eigenvalue weighted by Crippen LogP contribution is -1.87. The van der Waals surface area contributed by atoms with Crippen molar-refractivity contribution >= 4 is 16.6 Å². The summed E-state index contributed by atoms with van der Waals surface area (Å²) >= 11 is 0. The Morgan fingerprint density at radius 2 is 2.18 bits per heavy atom. The topological polar surface area (TPSA) is 41.8 Å². The van der Waals surface area contributed by atoms with Gasteiger partial charge in [0.1, 0.15) is 0 Å². The van der Waals surface area contributed by atoms with Crippen LogP contribution in [0.2, 0.25) is 0 Å². The van der Waals surface area contributed by atoms with Gasteiger partial charge >= 0.3 is 0 Å². The van der Waals surface area contributed by atoms with Crippen LogP contribution in [0, 0.1) is 6.92 Å². The first-order chi connectivity index (χ1) is 5.27. The van der Waals surface area contributed by atoms with E-state index in [2.05, 4.69) is 11.1 Å². The molecule has 1 aromatic carbocycles.